The lowest BCUT2D eigenvalue weighted by molar-refractivity contribution is -0.119. The Bertz CT molecular complexity index is 932. The van der Waals surface area contributed by atoms with Gasteiger partial charge in [-0.15, -0.1) is 6.58 Å². The summed E-state index contributed by atoms with van der Waals surface area (Å²) in [5.74, 6) is 0.136. The number of hydrogen-bond donors (Lipinski definition) is 4. The first-order valence-electron chi connectivity index (χ1n) is 7.43. The van der Waals surface area contributed by atoms with Gasteiger partial charge in [0.05, 0.1) is 12.9 Å². The molecule has 1 aliphatic heterocycles. The van der Waals surface area contributed by atoms with E-state index in [4.69, 9.17) is 15.6 Å². The lowest BCUT2D eigenvalue weighted by Crippen LogP contribution is -2.47. The Morgan fingerprint density at radius 1 is 1.42 bits per heavy atom. The number of nitrogens with zero attached hydrogens (tertiary/aromatic N) is 4. The zero-order valence-electron chi connectivity index (χ0n) is 13.5. The molecule has 0 radical (unpaired) electrons. The minimum absolute atomic E-state index is 0.0129. The number of rotatable bonds is 6. The molecule has 0 amide bonds. The van der Waals surface area contributed by atoms with E-state index in [1.54, 1.807) is 0 Å². The molecule has 12 nitrogen and oxygen atoms in total. The number of aliphatic hydroxyl groups excluding tert-OH is 2. The van der Waals surface area contributed by atoms with Gasteiger partial charge in [-0.05, 0) is 6.42 Å². The van der Waals surface area contributed by atoms with Crippen molar-refractivity contribution >= 4 is 27.3 Å². The van der Waals surface area contributed by atoms with Gasteiger partial charge in [-0.3, -0.25) is 8.75 Å². The Labute approximate surface area is 148 Å². The quantitative estimate of drug-likeness (QED) is 0.412. The van der Waals surface area contributed by atoms with Crippen molar-refractivity contribution in [2.45, 2.75) is 30.5 Å². The van der Waals surface area contributed by atoms with Crippen LogP contribution in [-0.2, 0) is 19.2 Å². The standard InChI is InChI=1S/C13H18N6O6S/c1-2-3-13(4-24-26(15,22)23)9(21)8(20)12(25-13)19-6-18-7-10(14)16-5-17-11(7)19/h2,5-6,8-9,12,20-21H,1,3-4H2,(H2,14,16,17)(H2,15,22,23). The van der Waals surface area contributed by atoms with Crippen molar-refractivity contribution in [3.8, 4) is 0 Å². The van der Waals surface area contributed by atoms with Crippen LogP contribution in [0.15, 0.2) is 25.3 Å². The molecule has 0 bridgehead atoms. The Morgan fingerprint density at radius 2 is 2.15 bits per heavy atom. The molecule has 26 heavy (non-hydrogen) atoms. The van der Waals surface area contributed by atoms with E-state index >= 15 is 0 Å². The van der Waals surface area contributed by atoms with Crippen molar-refractivity contribution in [1.82, 2.24) is 19.5 Å². The lowest BCUT2D eigenvalue weighted by atomic mass is 9.92. The summed E-state index contributed by atoms with van der Waals surface area (Å²) in [6.07, 6.45) is -0.141. The number of aliphatic hydroxyl groups is 2. The number of fused-ring (bicyclic) bond motifs is 1. The predicted octanol–water partition coefficient (Wildman–Crippen LogP) is -1.81. The van der Waals surface area contributed by atoms with Crippen molar-refractivity contribution in [3.05, 3.63) is 25.3 Å². The van der Waals surface area contributed by atoms with Crippen LogP contribution >= 0.6 is 0 Å². The fourth-order valence-electron chi connectivity index (χ4n) is 2.90. The third kappa shape index (κ3) is 3.15. The Morgan fingerprint density at radius 3 is 2.81 bits per heavy atom. The van der Waals surface area contributed by atoms with Crippen LogP contribution in [0.25, 0.3) is 11.2 Å². The van der Waals surface area contributed by atoms with E-state index in [9.17, 15) is 18.6 Å². The molecule has 4 unspecified atom stereocenters. The number of hydrogen-bond acceptors (Lipinski definition) is 10. The van der Waals surface area contributed by atoms with E-state index in [0.717, 1.165) is 0 Å². The van der Waals surface area contributed by atoms with Crippen molar-refractivity contribution < 1.29 is 27.6 Å². The fraction of sp³-hybridized carbons (Fsp3) is 0.462. The smallest absolute Gasteiger partial charge is 0.333 e. The fourth-order valence-corrected chi connectivity index (χ4v) is 3.26. The van der Waals surface area contributed by atoms with Crippen LogP contribution in [0, 0.1) is 0 Å². The van der Waals surface area contributed by atoms with E-state index in [1.165, 1.54) is 23.3 Å². The van der Waals surface area contributed by atoms with Gasteiger partial charge in [-0.25, -0.2) is 20.1 Å². The zero-order chi connectivity index (χ0) is 19.1. The monoisotopic (exact) mass is 386 g/mol. The molecule has 3 rings (SSSR count). The second kappa shape index (κ2) is 6.53. The van der Waals surface area contributed by atoms with Gasteiger partial charge in [0.15, 0.2) is 17.7 Å². The third-order valence-corrected chi connectivity index (χ3v) is 4.58. The first-order valence-corrected chi connectivity index (χ1v) is 8.91. The van der Waals surface area contributed by atoms with Gasteiger partial charge in [0.2, 0.25) is 0 Å². The highest BCUT2D eigenvalue weighted by Crippen LogP contribution is 2.41. The van der Waals surface area contributed by atoms with Gasteiger partial charge in [0.1, 0.15) is 29.7 Å². The van der Waals surface area contributed by atoms with Crippen LogP contribution in [0.1, 0.15) is 12.6 Å². The van der Waals surface area contributed by atoms with Crippen molar-refractivity contribution in [2.75, 3.05) is 12.3 Å². The van der Waals surface area contributed by atoms with E-state index < -0.39 is 40.9 Å². The van der Waals surface area contributed by atoms with Gasteiger partial charge in [-0.1, -0.05) is 6.08 Å². The molecule has 4 atom stereocenters. The van der Waals surface area contributed by atoms with Gasteiger partial charge < -0.3 is 20.7 Å². The summed E-state index contributed by atoms with van der Waals surface area (Å²) in [6.45, 7) is 2.94. The molecule has 13 heteroatoms. The number of nitrogens with two attached hydrogens (primary N) is 2. The molecule has 0 saturated carbocycles. The van der Waals surface area contributed by atoms with Crippen molar-refractivity contribution in [3.63, 3.8) is 0 Å². The number of ether oxygens (including phenoxy) is 1. The average molecular weight is 386 g/mol. The summed E-state index contributed by atoms with van der Waals surface area (Å²) in [6, 6.07) is 0. The molecular formula is C13H18N6O6S. The summed E-state index contributed by atoms with van der Waals surface area (Å²) in [5, 5.41) is 25.8. The first-order chi connectivity index (χ1) is 12.2. The molecule has 2 aromatic rings. The highest BCUT2D eigenvalue weighted by atomic mass is 32.2. The maximum absolute atomic E-state index is 11.1. The van der Waals surface area contributed by atoms with E-state index in [1.807, 2.05) is 0 Å². The Kier molecular flexibility index (Phi) is 4.68. The van der Waals surface area contributed by atoms with Crippen LogP contribution in [0.5, 0.6) is 0 Å². The molecule has 0 aliphatic carbocycles. The maximum atomic E-state index is 11.1. The van der Waals surface area contributed by atoms with Crippen LogP contribution in [-0.4, -0.2) is 62.6 Å². The second-order valence-corrected chi connectivity index (χ2v) is 7.06. The summed E-state index contributed by atoms with van der Waals surface area (Å²) in [5.41, 5.74) is 4.71. The summed E-state index contributed by atoms with van der Waals surface area (Å²) >= 11 is 0. The number of anilines is 1. The molecule has 6 N–H and O–H groups in total. The Balaban J connectivity index is 1.99. The van der Waals surface area contributed by atoms with E-state index in [0.29, 0.717) is 5.52 Å². The van der Waals surface area contributed by atoms with Crippen LogP contribution in [0.4, 0.5) is 5.82 Å². The van der Waals surface area contributed by atoms with Crippen LogP contribution < -0.4 is 10.9 Å². The van der Waals surface area contributed by atoms with Crippen molar-refractivity contribution in [2.24, 2.45) is 5.14 Å². The zero-order valence-corrected chi connectivity index (χ0v) is 14.3. The number of imidazole rings is 1. The Hall–Kier alpha value is -2.16. The predicted molar refractivity (Wildman–Crippen MR) is 88.5 cm³/mol. The van der Waals surface area contributed by atoms with Crippen molar-refractivity contribution in [1.29, 1.82) is 0 Å². The minimum Gasteiger partial charge on any atom is -0.387 e. The lowest BCUT2D eigenvalue weighted by Gasteiger charge is -2.30. The van der Waals surface area contributed by atoms with Crippen LogP contribution in [0.2, 0.25) is 0 Å². The van der Waals surface area contributed by atoms with E-state index in [-0.39, 0.29) is 17.9 Å². The molecular weight excluding hydrogens is 368 g/mol. The molecule has 0 spiro atoms. The minimum atomic E-state index is -4.28. The molecule has 1 aliphatic rings. The molecule has 3 heterocycles. The van der Waals surface area contributed by atoms with Gasteiger partial charge >= 0.3 is 10.3 Å². The normalized spacial score (nSPS) is 29.3. The van der Waals surface area contributed by atoms with Gasteiger partial charge in [0, 0.05) is 0 Å². The van der Waals surface area contributed by atoms with Crippen LogP contribution in [0.3, 0.4) is 0 Å². The topological polar surface area (TPSA) is 189 Å². The highest BCUT2D eigenvalue weighted by molar-refractivity contribution is 7.84. The summed E-state index contributed by atoms with van der Waals surface area (Å²) < 4.78 is 34.0. The first kappa shape index (κ1) is 18.6. The second-order valence-electron chi connectivity index (χ2n) is 5.84. The summed E-state index contributed by atoms with van der Waals surface area (Å²) in [4.78, 5) is 11.9. The van der Waals surface area contributed by atoms with Gasteiger partial charge in [-0.2, -0.15) is 8.42 Å². The van der Waals surface area contributed by atoms with E-state index in [2.05, 4.69) is 25.7 Å². The molecule has 0 aromatic carbocycles. The molecule has 142 valence electrons. The van der Waals surface area contributed by atoms with Gasteiger partial charge in [0.25, 0.3) is 0 Å². The number of nitrogen functional groups attached to an aromatic ring is 1. The SMILES string of the molecule is C=CCC1(COS(N)(=O)=O)OC(n2cnc3c(N)ncnc32)C(O)C1O. The average Bonchev–Trinajstić information content (AvgIpc) is 3.09. The summed E-state index contributed by atoms with van der Waals surface area (Å²) in [7, 11) is -4.28. The molecule has 1 saturated heterocycles. The molecule has 2 aromatic heterocycles. The maximum Gasteiger partial charge on any atom is 0.333 e. The molecule has 1 fully saturated rings. The largest absolute Gasteiger partial charge is 0.387 e. The number of aromatic nitrogens is 4. The highest BCUT2D eigenvalue weighted by Gasteiger charge is 2.55. The third-order valence-electron chi connectivity index (χ3n) is 4.13.